The number of nitrogens with two attached hydrogens (primary N) is 1. The molecule has 0 aromatic carbocycles. The van der Waals surface area contributed by atoms with Gasteiger partial charge in [0.2, 0.25) is 0 Å². The van der Waals surface area contributed by atoms with E-state index in [1.54, 1.807) is 13.2 Å². The van der Waals surface area contributed by atoms with Crippen molar-refractivity contribution >= 4 is 11.5 Å². The fourth-order valence-corrected chi connectivity index (χ4v) is 1.77. The summed E-state index contributed by atoms with van der Waals surface area (Å²) in [7, 11) is 1.78. The lowest BCUT2D eigenvalue weighted by atomic mass is 9.88. The van der Waals surface area contributed by atoms with Gasteiger partial charge in [0, 0.05) is 18.5 Å². The van der Waals surface area contributed by atoms with Crippen molar-refractivity contribution in [1.82, 2.24) is 4.98 Å². The number of hydrogen-bond donors (Lipinski definition) is 2. The fraction of sp³-hybridized carbons (Fsp3) is 0.417. The van der Waals surface area contributed by atoms with Gasteiger partial charge in [0.25, 0.3) is 0 Å². The highest BCUT2D eigenvalue weighted by molar-refractivity contribution is 5.54. The molecule has 4 heteroatoms. The van der Waals surface area contributed by atoms with Gasteiger partial charge in [-0.15, -0.1) is 0 Å². The predicted molar refractivity (Wildman–Crippen MR) is 66.0 cm³/mol. The highest BCUT2D eigenvalue weighted by atomic mass is 19.1. The second-order valence-electron chi connectivity index (χ2n) is 4.12. The zero-order valence-electron chi connectivity index (χ0n) is 9.92. The molecule has 1 heterocycles. The van der Waals surface area contributed by atoms with E-state index in [-0.39, 0.29) is 11.7 Å². The molecule has 3 N–H and O–H groups in total. The Hall–Kier alpha value is -1.58. The second kappa shape index (κ2) is 4.96. The van der Waals surface area contributed by atoms with Crippen LogP contribution in [-0.4, -0.2) is 12.0 Å². The number of anilines is 2. The standard InChI is InChI=1S/C12H18FN3/c1-7(2)11(8(3)13)10-5-9(15-4)6-16-12(10)14/h5-7,11,15H,3H2,1-2,4H3,(H2,14,16). The quantitative estimate of drug-likeness (QED) is 0.825. The van der Waals surface area contributed by atoms with Crippen LogP contribution in [-0.2, 0) is 0 Å². The summed E-state index contributed by atoms with van der Waals surface area (Å²) in [6.07, 6.45) is 1.62. The van der Waals surface area contributed by atoms with Gasteiger partial charge >= 0.3 is 0 Å². The molecule has 1 atom stereocenters. The van der Waals surface area contributed by atoms with E-state index in [0.717, 1.165) is 5.69 Å². The molecule has 0 aliphatic heterocycles. The minimum atomic E-state index is -0.402. The largest absolute Gasteiger partial charge is 0.387 e. The molecule has 1 unspecified atom stereocenters. The molecule has 0 spiro atoms. The average molecular weight is 223 g/mol. The Morgan fingerprint density at radius 1 is 1.56 bits per heavy atom. The minimum absolute atomic E-state index is 0.0914. The van der Waals surface area contributed by atoms with E-state index in [1.165, 1.54) is 0 Å². The number of nitrogens with one attached hydrogen (secondary N) is 1. The number of allylic oxidation sites excluding steroid dienone is 1. The van der Waals surface area contributed by atoms with E-state index in [0.29, 0.717) is 11.4 Å². The van der Waals surface area contributed by atoms with Crippen LogP contribution in [0.5, 0.6) is 0 Å². The summed E-state index contributed by atoms with van der Waals surface area (Å²) in [5.74, 6) is -0.331. The summed E-state index contributed by atoms with van der Waals surface area (Å²) >= 11 is 0. The molecule has 0 saturated heterocycles. The van der Waals surface area contributed by atoms with E-state index >= 15 is 0 Å². The van der Waals surface area contributed by atoms with E-state index in [9.17, 15) is 4.39 Å². The zero-order valence-corrected chi connectivity index (χ0v) is 9.92. The monoisotopic (exact) mass is 223 g/mol. The third-order valence-electron chi connectivity index (χ3n) is 2.58. The van der Waals surface area contributed by atoms with Crippen LogP contribution in [0.25, 0.3) is 0 Å². The van der Waals surface area contributed by atoms with Crippen LogP contribution in [0.3, 0.4) is 0 Å². The van der Waals surface area contributed by atoms with Crippen LogP contribution in [0.1, 0.15) is 25.3 Å². The zero-order chi connectivity index (χ0) is 12.3. The Bertz CT molecular complexity index is 388. The molecule has 0 saturated carbocycles. The van der Waals surface area contributed by atoms with Gasteiger partial charge in [-0.25, -0.2) is 9.37 Å². The maximum Gasteiger partial charge on any atom is 0.127 e. The molecule has 0 aliphatic carbocycles. The average Bonchev–Trinajstić information content (AvgIpc) is 2.20. The summed E-state index contributed by atoms with van der Waals surface area (Å²) in [6.45, 7) is 7.24. The van der Waals surface area contributed by atoms with Crippen molar-refractivity contribution in [3.8, 4) is 0 Å². The van der Waals surface area contributed by atoms with Crippen LogP contribution < -0.4 is 11.1 Å². The smallest absolute Gasteiger partial charge is 0.127 e. The number of nitrogens with zero attached hydrogens (tertiary/aromatic N) is 1. The summed E-state index contributed by atoms with van der Waals surface area (Å²) in [5.41, 5.74) is 7.28. The Morgan fingerprint density at radius 3 is 2.62 bits per heavy atom. The Kier molecular flexibility index (Phi) is 3.88. The van der Waals surface area contributed by atoms with Crippen LogP contribution >= 0.6 is 0 Å². The lowest BCUT2D eigenvalue weighted by Crippen LogP contribution is -2.11. The van der Waals surface area contributed by atoms with Crippen molar-refractivity contribution in [2.45, 2.75) is 19.8 Å². The number of nitrogen functional groups attached to an aromatic ring is 1. The molecule has 0 bridgehead atoms. The van der Waals surface area contributed by atoms with Gasteiger partial charge in [-0.1, -0.05) is 20.4 Å². The molecule has 0 radical (unpaired) electrons. The van der Waals surface area contributed by atoms with E-state index < -0.39 is 5.92 Å². The topological polar surface area (TPSA) is 50.9 Å². The van der Waals surface area contributed by atoms with Crippen molar-refractivity contribution in [3.63, 3.8) is 0 Å². The molecule has 1 aromatic heterocycles. The molecule has 0 amide bonds. The van der Waals surface area contributed by atoms with Crippen molar-refractivity contribution in [3.05, 3.63) is 30.2 Å². The first-order valence-electron chi connectivity index (χ1n) is 5.24. The molecular weight excluding hydrogens is 205 g/mol. The number of aromatic nitrogens is 1. The predicted octanol–water partition coefficient (Wildman–Crippen LogP) is 2.93. The highest BCUT2D eigenvalue weighted by Crippen LogP contribution is 2.35. The van der Waals surface area contributed by atoms with Crippen LogP contribution in [0, 0.1) is 5.92 Å². The minimum Gasteiger partial charge on any atom is -0.387 e. The molecule has 0 aliphatic rings. The van der Waals surface area contributed by atoms with Crippen molar-refractivity contribution in [2.24, 2.45) is 5.92 Å². The van der Waals surface area contributed by atoms with E-state index in [2.05, 4.69) is 16.9 Å². The third kappa shape index (κ3) is 2.51. The highest BCUT2D eigenvalue weighted by Gasteiger charge is 2.22. The molecule has 3 nitrogen and oxygen atoms in total. The van der Waals surface area contributed by atoms with Gasteiger partial charge in [0.1, 0.15) is 11.6 Å². The van der Waals surface area contributed by atoms with E-state index in [4.69, 9.17) is 5.73 Å². The maximum absolute atomic E-state index is 13.4. The van der Waals surface area contributed by atoms with Crippen LogP contribution in [0.15, 0.2) is 24.7 Å². The lowest BCUT2D eigenvalue weighted by molar-refractivity contribution is 0.457. The fourth-order valence-electron chi connectivity index (χ4n) is 1.77. The normalized spacial score (nSPS) is 12.6. The second-order valence-corrected chi connectivity index (χ2v) is 4.12. The van der Waals surface area contributed by atoms with Crippen molar-refractivity contribution in [2.75, 3.05) is 18.1 Å². The Morgan fingerprint density at radius 2 is 2.19 bits per heavy atom. The van der Waals surface area contributed by atoms with Gasteiger partial charge in [-0.3, -0.25) is 0 Å². The maximum atomic E-state index is 13.4. The van der Waals surface area contributed by atoms with Gasteiger partial charge in [-0.05, 0) is 12.0 Å². The van der Waals surface area contributed by atoms with Gasteiger partial charge in [-0.2, -0.15) is 0 Å². The SMILES string of the molecule is C=C(F)C(c1cc(NC)cnc1N)C(C)C. The van der Waals surface area contributed by atoms with Crippen LogP contribution in [0.2, 0.25) is 0 Å². The van der Waals surface area contributed by atoms with Gasteiger partial charge in [0.15, 0.2) is 0 Å². The molecular formula is C12H18FN3. The molecule has 1 rings (SSSR count). The van der Waals surface area contributed by atoms with Crippen molar-refractivity contribution < 1.29 is 4.39 Å². The van der Waals surface area contributed by atoms with E-state index in [1.807, 2.05) is 19.9 Å². The first-order chi connectivity index (χ1) is 7.47. The van der Waals surface area contributed by atoms with Crippen LogP contribution in [0.4, 0.5) is 15.9 Å². The Labute approximate surface area is 95.6 Å². The number of halogens is 1. The molecule has 88 valence electrons. The number of rotatable bonds is 4. The molecule has 16 heavy (non-hydrogen) atoms. The first-order valence-corrected chi connectivity index (χ1v) is 5.24. The van der Waals surface area contributed by atoms with Gasteiger partial charge in [0.05, 0.1) is 11.9 Å². The summed E-state index contributed by atoms with van der Waals surface area (Å²) in [6, 6.07) is 1.82. The molecule has 1 aromatic rings. The van der Waals surface area contributed by atoms with Crippen molar-refractivity contribution in [1.29, 1.82) is 0 Å². The Balaban J connectivity index is 3.22. The first kappa shape index (κ1) is 12.5. The number of pyridine rings is 1. The summed E-state index contributed by atoms with van der Waals surface area (Å²) < 4.78 is 13.4. The molecule has 0 fully saturated rings. The number of hydrogen-bond acceptors (Lipinski definition) is 3. The van der Waals surface area contributed by atoms with Gasteiger partial charge < -0.3 is 11.1 Å². The summed E-state index contributed by atoms with van der Waals surface area (Å²) in [4.78, 5) is 4.04. The third-order valence-corrected chi connectivity index (χ3v) is 2.58. The lowest BCUT2D eigenvalue weighted by Gasteiger charge is -2.20. The summed E-state index contributed by atoms with van der Waals surface area (Å²) in [5, 5.41) is 2.96.